The quantitative estimate of drug-likeness (QED) is 0.632. The number of carbonyl (C=O) groups excluding carboxylic acids is 1. The molecule has 4 heteroatoms. The molecule has 4 nitrogen and oxygen atoms in total. The van der Waals surface area contributed by atoms with Crippen molar-refractivity contribution in [3.8, 4) is 11.4 Å². The van der Waals surface area contributed by atoms with E-state index in [1.54, 1.807) is 0 Å². The van der Waals surface area contributed by atoms with Crippen LogP contribution in [0.2, 0.25) is 0 Å². The number of unbranched alkanes of at least 4 members (excludes halogenated alkanes) is 1. The number of rotatable bonds is 6. The van der Waals surface area contributed by atoms with E-state index < -0.39 is 0 Å². The number of hydrogen-bond acceptors (Lipinski definition) is 2. The first-order chi connectivity index (χ1) is 12.9. The molecule has 0 unspecified atom stereocenters. The second-order valence-corrected chi connectivity index (χ2v) is 8.04. The number of nitrogens with one attached hydrogen (secondary N) is 1. The van der Waals surface area contributed by atoms with Crippen LogP contribution in [0, 0.1) is 0 Å². The van der Waals surface area contributed by atoms with Crippen molar-refractivity contribution in [2.24, 2.45) is 0 Å². The molecule has 1 amide bonds. The lowest BCUT2D eigenvalue weighted by Gasteiger charge is -2.19. The van der Waals surface area contributed by atoms with Crippen LogP contribution in [0.3, 0.4) is 0 Å². The first-order valence-corrected chi connectivity index (χ1v) is 9.73. The Hall–Kier alpha value is -2.62. The third-order valence-electron chi connectivity index (χ3n) is 4.82. The van der Waals surface area contributed by atoms with Gasteiger partial charge in [-0.05, 0) is 29.5 Å². The minimum atomic E-state index is 0.0270. The first kappa shape index (κ1) is 19.2. The van der Waals surface area contributed by atoms with Crippen LogP contribution in [0.1, 0.15) is 46.1 Å². The molecule has 0 aliphatic heterocycles. The van der Waals surface area contributed by atoms with Gasteiger partial charge in [0.1, 0.15) is 12.4 Å². The number of para-hydroxylation sites is 2. The highest BCUT2D eigenvalue weighted by Crippen LogP contribution is 2.28. The van der Waals surface area contributed by atoms with Crippen molar-refractivity contribution >= 4 is 16.9 Å². The van der Waals surface area contributed by atoms with E-state index in [1.165, 1.54) is 5.56 Å². The highest BCUT2D eigenvalue weighted by molar-refractivity contribution is 5.84. The highest BCUT2D eigenvalue weighted by Gasteiger charge is 2.17. The zero-order chi connectivity index (χ0) is 19.4. The fourth-order valence-electron chi connectivity index (χ4n) is 3.18. The average Bonchev–Trinajstić information content (AvgIpc) is 3.00. The molecule has 0 bridgehead atoms. The number of fused-ring (bicyclic) bond motifs is 1. The van der Waals surface area contributed by atoms with Gasteiger partial charge in [-0.2, -0.15) is 0 Å². The molecule has 0 saturated heterocycles. The molecule has 3 rings (SSSR count). The molecule has 142 valence electrons. The molecule has 0 fully saturated rings. The molecule has 2 aromatic carbocycles. The van der Waals surface area contributed by atoms with Crippen molar-refractivity contribution in [1.29, 1.82) is 0 Å². The fourth-order valence-corrected chi connectivity index (χ4v) is 3.18. The summed E-state index contributed by atoms with van der Waals surface area (Å²) in [4.78, 5) is 17.2. The molecular formula is C23H29N3O. The van der Waals surface area contributed by atoms with Gasteiger partial charge in [0.2, 0.25) is 5.91 Å². The number of aromatic nitrogens is 2. The second-order valence-electron chi connectivity index (χ2n) is 8.04. The van der Waals surface area contributed by atoms with Crippen LogP contribution in [0.25, 0.3) is 22.4 Å². The summed E-state index contributed by atoms with van der Waals surface area (Å²) in [6.45, 7) is 9.74. The zero-order valence-electron chi connectivity index (χ0n) is 16.7. The smallest absolute Gasteiger partial charge is 0.240 e. The van der Waals surface area contributed by atoms with E-state index in [0.29, 0.717) is 0 Å². The molecule has 1 heterocycles. The van der Waals surface area contributed by atoms with E-state index in [0.717, 1.165) is 41.8 Å². The van der Waals surface area contributed by atoms with Gasteiger partial charge < -0.3 is 9.88 Å². The molecule has 3 aromatic rings. The number of hydrogen-bond donors (Lipinski definition) is 1. The number of carbonyl (C=O) groups is 1. The summed E-state index contributed by atoms with van der Waals surface area (Å²) in [5.41, 5.74) is 4.32. The summed E-state index contributed by atoms with van der Waals surface area (Å²) in [7, 11) is 0. The Kier molecular flexibility index (Phi) is 5.64. The highest BCUT2D eigenvalue weighted by atomic mass is 16.1. The Morgan fingerprint density at radius 2 is 1.78 bits per heavy atom. The van der Waals surface area contributed by atoms with Gasteiger partial charge in [-0.3, -0.25) is 4.79 Å². The van der Waals surface area contributed by atoms with Crippen molar-refractivity contribution in [3.63, 3.8) is 0 Å². The largest absolute Gasteiger partial charge is 0.355 e. The predicted molar refractivity (Wildman–Crippen MR) is 112 cm³/mol. The van der Waals surface area contributed by atoms with Gasteiger partial charge in [0, 0.05) is 12.1 Å². The van der Waals surface area contributed by atoms with Gasteiger partial charge in [-0.15, -0.1) is 0 Å². The lowest BCUT2D eigenvalue weighted by molar-refractivity contribution is -0.121. The lowest BCUT2D eigenvalue weighted by atomic mass is 9.87. The fraction of sp³-hybridized carbons (Fsp3) is 0.391. The SMILES string of the molecule is CCCCNC(=O)Cn1c(-c2ccc(C(C)(C)C)cc2)nc2ccccc21. The maximum atomic E-state index is 12.4. The summed E-state index contributed by atoms with van der Waals surface area (Å²) >= 11 is 0. The standard InChI is InChI=1S/C23H29N3O/c1-5-6-15-24-21(27)16-26-20-10-8-7-9-19(20)25-22(26)17-11-13-18(14-12-17)23(2,3)4/h7-14H,5-6,15-16H2,1-4H3,(H,24,27). The van der Waals surface area contributed by atoms with Gasteiger partial charge in [0.25, 0.3) is 0 Å². The predicted octanol–water partition coefficient (Wildman–Crippen LogP) is 4.92. The van der Waals surface area contributed by atoms with Gasteiger partial charge in [0.15, 0.2) is 0 Å². The molecule has 0 radical (unpaired) electrons. The number of nitrogens with zero attached hydrogens (tertiary/aromatic N) is 2. The maximum absolute atomic E-state index is 12.4. The third-order valence-corrected chi connectivity index (χ3v) is 4.82. The summed E-state index contributed by atoms with van der Waals surface area (Å²) in [6, 6.07) is 16.5. The Labute approximate surface area is 161 Å². The van der Waals surface area contributed by atoms with Crippen molar-refractivity contribution in [1.82, 2.24) is 14.9 Å². The molecule has 1 aromatic heterocycles. The van der Waals surface area contributed by atoms with Crippen LogP contribution in [-0.2, 0) is 16.8 Å². The summed E-state index contributed by atoms with van der Waals surface area (Å²) < 4.78 is 2.02. The van der Waals surface area contributed by atoms with E-state index in [-0.39, 0.29) is 17.9 Å². The number of amides is 1. The molecule has 0 atom stereocenters. The monoisotopic (exact) mass is 363 g/mol. The van der Waals surface area contributed by atoms with Crippen molar-refractivity contribution in [2.75, 3.05) is 6.54 Å². The second kappa shape index (κ2) is 7.95. The van der Waals surface area contributed by atoms with Crippen molar-refractivity contribution < 1.29 is 4.79 Å². The molecule has 0 saturated carbocycles. The van der Waals surface area contributed by atoms with Crippen molar-refractivity contribution in [3.05, 3.63) is 54.1 Å². The van der Waals surface area contributed by atoms with E-state index in [2.05, 4.69) is 57.3 Å². The lowest BCUT2D eigenvalue weighted by Crippen LogP contribution is -2.28. The molecular weight excluding hydrogens is 334 g/mol. The Morgan fingerprint density at radius 1 is 1.07 bits per heavy atom. The third kappa shape index (κ3) is 4.38. The average molecular weight is 364 g/mol. The van der Waals surface area contributed by atoms with Crippen LogP contribution >= 0.6 is 0 Å². The summed E-state index contributed by atoms with van der Waals surface area (Å²) in [6.07, 6.45) is 2.07. The molecule has 0 aliphatic carbocycles. The van der Waals surface area contributed by atoms with Crippen LogP contribution < -0.4 is 5.32 Å². The van der Waals surface area contributed by atoms with E-state index in [9.17, 15) is 4.79 Å². The maximum Gasteiger partial charge on any atom is 0.240 e. The van der Waals surface area contributed by atoms with Crippen LogP contribution in [0.15, 0.2) is 48.5 Å². The van der Waals surface area contributed by atoms with Crippen molar-refractivity contribution in [2.45, 2.75) is 52.5 Å². The van der Waals surface area contributed by atoms with Crippen LogP contribution in [0.4, 0.5) is 0 Å². The topological polar surface area (TPSA) is 46.9 Å². The van der Waals surface area contributed by atoms with Gasteiger partial charge in [0.05, 0.1) is 11.0 Å². The molecule has 0 spiro atoms. The van der Waals surface area contributed by atoms with Gasteiger partial charge >= 0.3 is 0 Å². The Balaban J connectivity index is 1.96. The van der Waals surface area contributed by atoms with E-state index in [1.807, 2.05) is 28.8 Å². The first-order valence-electron chi connectivity index (χ1n) is 9.73. The normalized spacial score (nSPS) is 11.7. The Morgan fingerprint density at radius 3 is 2.44 bits per heavy atom. The zero-order valence-corrected chi connectivity index (χ0v) is 16.7. The Bertz CT molecular complexity index is 917. The summed E-state index contributed by atoms with van der Waals surface area (Å²) in [5.74, 6) is 0.862. The van der Waals surface area contributed by atoms with Crippen LogP contribution in [0.5, 0.6) is 0 Å². The van der Waals surface area contributed by atoms with E-state index >= 15 is 0 Å². The minimum Gasteiger partial charge on any atom is -0.355 e. The van der Waals surface area contributed by atoms with Gasteiger partial charge in [-0.25, -0.2) is 4.98 Å². The van der Waals surface area contributed by atoms with Crippen LogP contribution in [-0.4, -0.2) is 22.0 Å². The molecule has 0 aliphatic rings. The summed E-state index contributed by atoms with van der Waals surface area (Å²) in [5, 5.41) is 3.01. The molecule has 1 N–H and O–H groups in total. The minimum absolute atomic E-state index is 0.0270. The van der Waals surface area contributed by atoms with Gasteiger partial charge in [-0.1, -0.05) is 70.5 Å². The van der Waals surface area contributed by atoms with E-state index in [4.69, 9.17) is 4.98 Å². The molecule has 27 heavy (non-hydrogen) atoms. The number of benzene rings is 2. The number of imidazole rings is 1.